The average molecular weight is 311 g/mol. The highest BCUT2D eigenvalue weighted by Gasteiger charge is 2.40. The van der Waals surface area contributed by atoms with E-state index in [2.05, 4.69) is 10.2 Å². The molecule has 5 heteroatoms. The van der Waals surface area contributed by atoms with E-state index in [1.807, 2.05) is 11.8 Å². The van der Waals surface area contributed by atoms with Crippen LogP contribution in [-0.2, 0) is 4.79 Å². The van der Waals surface area contributed by atoms with Gasteiger partial charge in [0.25, 0.3) is 0 Å². The number of carbonyl (C=O) groups is 1. The Bertz CT molecular complexity index is 345. The van der Waals surface area contributed by atoms with Crippen LogP contribution in [0.4, 0.5) is 0 Å². The first kappa shape index (κ1) is 15.6. The minimum Gasteiger partial charge on any atom is -0.355 e. The summed E-state index contributed by atoms with van der Waals surface area (Å²) in [6, 6.07) is 0.355. The molecule has 1 aliphatic heterocycles. The number of nitrogens with zero attached hydrogens (tertiary/aromatic N) is 1. The lowest BCUT2D eigenvalue weighted by Gasteiger charge is -2.43. The van der Waals surface area contributed by atoms with E-state index in [9.17, 15) is 4.79 Å². The van der Waals surface area contributed by atoms with Gasteiger partial charge >= 0.3 is 0 Å². The van der Waals surface area contributed by atoms with Gasteiger partial charge in [0, 0.05) is 49.6 Å². The first-order chi connectivity index (χ1) is 10.2. The summed E-state index contributed by atoms with van der Waals surface area (Å²) in [5, 5.41) is 3.18. The molecule has 3 fully saturated rings. The van der Waals surface area contributed by atoms with Crippen LogP contribution in [0.1, 0.15) is 32.1 Å². The van der Waals surface area contributed by atoms with Crippen LogP contribution in [-0.4, -0.2) is 54.5 Å². The minimum atomic E-state index is 0.219. The molecule has 1 saturated heterocycles. The lowest BCUT2D eigenvalue weighted by atomic mass is 9.65. The molecule has 0 spiro atoms. The van der Waals surface area contributed by atoms with Gasteiger partial charge in [-0.15, -0.1) is 0 Å². The summed E-state index contributed by atoms with van der Waals surface area (Å²) in [7, 11) is 0. The van der Waals surface area contributed by atoms with Crippen LogP contribution in [0.3, 0.4) is 0 Å². The number of nitrogens with two attached hydrogens (primary N) is 1. The van der Waals surface area contributed by atoms with E-state index < -0.39 is 0 Å². The molecule has 0 aromatic carbocycles. The lowest BCUT2D eigenvalue weighted by molar-refractivity contribution is -0.127. The third-order valence-corrected chi connectivity index (χ3v) is 6.56. The Morgan fingerprint density at radius 3 is 2.52 bits per heavy atom. The topological polar surface area (TPSA) is 58.4 Å². The zero-order chi connectivity index (χ0) is 14.7. The minimum absolute atomic E-state index is 0.219. The van der Waals surface area contributed by atoms with Gasteiger partial charge in [0.2, 0.25) is 5.91 Å². The van der Waals surface area contributed by atoms with Crippen LogP contribution in [0.5, 0.6) is 0 Å². The summed E-state index contributed by atoms with van der Waals surface area (Å²) >= 11 is 2.03. The highest BCUT2D eigenvalue weighted by molar-refractivity contribution is 7.99. The van der Waals surface area contributed by atoms with E-state index in [1.165, 1.54) is 43.9 Å². The van der Waals surface area contributed by atoms with Crippen molar-refractivity contribution in [2.45, 2.75) is 38.1 Å². The Morgan fingerprint density at radius 2 is 1.86 bits per heavy atom. The Hall–Kier alpha value is -0.260. The molecule has 0 aromatic heterocycles. The van der Waals surface area contributed by atoms with Crippen LogP contribution in [0, 0.1) is 17.8 Å². The van der Waals surface area contributed by atoms with Gasteiger partial charge in [-0.1, -0.05) is 6.42 Å². The maximum absolute atomic E-state index is 12.4. The van der Waals surface area contributed by atoms with Gasteiger partial charge in [0.15, 0.2) is 0 Å². The third-order valence-electron chi connectivity index (χ3n) is 5.61. The van der Waals surface area contributed by atoms with Gasteiger partial charge in [-0.25, -0.2) is 0 Å². The molecule has 21 heavy (non-hydrogen) atoms. The fraction of sp³-hybridized carbons (Fsp3) is 0.938. The zero-order valence-electron chi connectivity index (χ0n) is 12.9. The molecule has 0 radical (unpaired) electrons. The molecule has 2 aliphatic carbocycles. The molecule has 3 aliphatic rings. The normalized spacial score (nSPS) is 37.2. The number of hydrogen-bond acceptors (Lipinski definition) is 4. The number of amides is 1. The molecule has 0 aromatic rings. The molecular weight excluding hydrogens is 282 g/mol. The largest absolute Gasteiger partial charge is 0.355 e. The Labute approximate surface area is 132 Å². The van der Waals surface area contributed by atoms with E-state index >= 15 is 0 Å². The maximum atomic E-state index is 12.4. The summed E-state index contributed by atoms with van der Waals surface area (Å²) < 4.78 is 0. The molecule has 120 valence electrons. The Morgan fingerprint density at radius 1 is 1.19 bits per heavy atom. The van der Waals surface area contributed by atoms with Gasteiger partial charge < -0.3 is 11.1 Å². The number of nitrogens with one attached hydrogen (secondary N) is 1. The van der Waals surface area contributed by atoms with E-state index in [-0.39, 0.29) is 11.8 Å². The number of carbonyl (C=O) groups excluding carboxylic acids is 1. The Balaban J connectivity index is 1.41. The van der Waals surface area contributed by atoms with E-state index in [1.54, 1.807) is 0 Å². The molecule has 2 bridgehead atoms. The molecule has 4 nitrogen and oxygen atoms in total. The Kier molecular flexibility index (Phi) is 5.46. The molecule has 3 N–H and O–H groups in total. The van der Waals surface area contributed by atoms with Crippen LogP contribution in [0.25, 0.3) is 0 Å². The number of fused-ring (bicyclic) bond motifs is 2. The highest BCUT2D eigenvalue weighted by Crippen LogP contribution is 2.41. The van der Waals surface area contributed by atoms with Crippen molar-refractivity contribution in [1.29, 1.82) is 0 Å². The molecule has 2 atom stereocenters. The van der Waals surface area contributed by atoms with Crippen LogP contribution in [0.15, 0.2) is 0 Å². The van der Waals surface area contributed by atoms with Crippen molar-refractivity contribution in [1.82, 2.24) is 10.2 Å². The summed E-state index contributed by atoms with van der Waals surface area (Å²) in [6.45, 7) is 4.15. The van der Waals surface area contributed by atoms with E-state index in [0.29, 0.717) is 17.9 Å². The number of rotatable bonds is 4. The van der Waals surface area contributed by atoms with Crippen LogP contribution >= 0.6 is 11.8 Å². The second-order valence-corrected chi connectivity index (χ2v) is 8.17. The molecule has 1 amide bonds. The molecule has 3 rings (SSSR count). The van der Waals surface area contributed by atoms with Gasteiger partial charge in [-0.05, 0) is 37.5 Å². The average Bonchev–Trinajstić information content (AvgIpc) is 2.48. The number of thioether (sulfide) groups is 1. The monoisotopic (exact) mass is 311 g/mol. The lowest BCUT2D eigenvalue weighted by Crippen LogP contribution is -2.49. The van der Waals surface area contributed by atoms with Crippen LogP contribution in [0.2, 0.25) is 0 Å². The molecular formula is C16H29N3OS. The van der Waals surface area contributed by atoms with Gasteiger partial charge in [0.1, 0.15) is 0 Å². The van der Waals surface area contributed by atoms with Crippen molar-refractivity contribution in [3.05, 3.63) is 0 Å². The third kappa shape index (κ3) is 3.93. The fourth-order valence-corrected chi connectivity index (χ4v) is 5.29. The van der Waals surface area contributed by atoms with Crippen molar-refractivity contribution in [3.8, 4) is 0 Å². The predicted molar refractivity (Wildman–Crippen MR) is 88.3 cm³/mol. The quantitative estimate of drug-likeness (QED) is 0.822. The molecule has 2 unspecified atom stereocenters. The second-order valence-electron chi connectivity index (χ2n) is 6.94. The van der Waals surface area contributed by atoms with E-state index in [0.717, 1.165) is 25.9 Å². The summed E-state index contributed by atoms with van der Waals surface area (Å²) in [6.07, 6.45) is 5.80. The van der Waals surface area contributed by atoms with Gasteiger partial charge in [0.05, 0.1) is 0 Å². The second kappa shape index (κ2) is 7.34. The zero-order valence-corrected chi connectivity index (χ0v) is 13.7. The van der Waals surface area contributed by atoms with Gasteiger partial charge in [-0.2, -0.15) is 11.8 Å². The van der Waals surface area contributed by atoms with Crippen molar-refractivity contribution >= 4 is 17.7 Å². The summed E-state index contributed by atoms with van der Waals surface area (Å²) in [5.41, 5.74) is 6.30. The number of hydrogen-bond donors (Lipinski definition) is 2. The predicted octanol–water partition coefficient (Wildman–Crippen LogP) is 1.31. The molecule has 1 heterocycles. The van der Waals surface area contributed by atoms with Crippen molar-refractivity contribution in [2.24, 2.45) is 23.5 Å². The van der Waals surface area contributed by atoms with Gasteiger partial charge in [-0.3, -0.25) is 9.69 Å². The fourth-order valence-electron chi connectivity index (χ4n) is 4.31. The summed E-state index contributed by atoms with van der Waals surface area (Å²) in [4.78, 5) is 14.9. The van der Waals surface area contributed by atoms with Crippen molar-refractivity contribution in [3.63, 3.8) is 0 Å². The smallest absolute Gasteiger partial charge is 0.223 e. The SMILES string of the molecule is NC1C2CCCC1CC(C(=O)NCCN1CCSCC1)C2. The molecule has 2 saturated carbocycles. The maximum Gasteiger partial charge on any atom is 0.223 e. The summed E-state index contributed by atoms with van der Waals surface area (Å²) in [5.74, 6) is 4.15. The first-order valence-corrected chi connectivity index (χ1v) is 9.73. The van der Waals surface area contributed by atoms with Crippen LogP contribution < -0.4 is 11.1 Å². The highest BCUT2D eigenvalue weighted by atomic mass is 32.2. The first-order valence-electron chi connectivity index (χ1n) is 8.57. The van der Waals surface area contributed by atoms with Crippen molar-refractivity contribution in [2.75, 3.05) is 37.7 Å². The van der Waals surface area contributed by atoms with Crippen molar-refractivity contribution < 1.29 is 4.79 Å². The standard InChI is InChI=1S/C16H29N3OS/c17-15-12-2-1-3-13(15)11-14(10-12)16(20)18-4-5-19-6-8-21-9-7-19/h12-15H,1-11,17H2,(H,18,20). The van der Waals surface area contributed by atoms with E-state index in [4.69, 9.17) is 5.73 Å².